The van der Waals surface area contributed by atoms with Crippen LogP contribution in [0.15, 0.2) is 24.3 Å². The zero-order valence-electron chi connectivity index (χ0n) is 16.0. The molecule has 0 saturated carbocycles. The van der Waals surface area contributed by atoms with Crippen molar-refractivity contribution in [3.8, 4) is 5.75 Å². The summed E-state index contributed by atoms with van der Waals surface area (Å²) in [5.74, 6) is 0.873. The molecule has 1 unspecified atom stereocenters. The van der Waals surface area contributed by atoms with Gasteiger partial charge in [-0.15, -0.1) is 0 Å². The van der Waals surface area contributed by atoms with Gasteiger partial charge in [0.15, 0.2) is 8.32 Å². The molecule has 2 rings (SSSR count). The number of rotatable bonds is 6. The van der Waals surface area contributed by atoms with Gasteiger partial charge in [-0.2, -0.15) is 0 Å². The van der Waals surface area contributed by atoms with Gasteiger partial charge in [-0.05, 0) is 42.2 Å². The summed E-state index contributed by atoms with van der Waals surface area (Å²) in [5.41, 5.74) is 1.24. The third-order valence-corrected chi connectivity index (χ3v) is 10.1. The summed E-state index contributed by atoms with van der Waals surface area (Å²) >= 11 is 0. The van der Waals surface area contributed by atoms with Crippen molar-refractivity contribution in [1.29, 1.82) is 0 Å². The van der Waals surface area contributed by atoms with Crippen LogP contribution in [0, 0.1) is 0 Å². The van der Waals surface area contributed by atoms with Crippen LogP contribution < -0.4 is 4.74 Å². The van der Waals surface area contributed by atoms with E-state index in [0.29, 0.717) is 0 Å². The molecule has 5 heteroatoms. The Morgan fingerprint density at radius 3 is 2.33 bits per heavy atom. The molecule has 2 atom stereocenters. The lowest BCUT2D eigenvalue weighted by Crippen LogP contribution is -2.48. The smallest absolute Gasteiger partial charge is 0.192 e. The van der Waals surface area contributed by atoms with Gasteiger partial charge >= 0.3 is 0 Å². The second kappa shape index (κ2) is 7.56. The van der Waals surface area contributed by atoms with Gasteiger partial charge in [0.05, 0.1) is 25.9 Å². The van der Waals surface area contributed by atoms with Crippen molar-refractivity contribution in [2.45, 2.75) is 64.0 Å². The van der Waals surface area contributed by atoms with E-state index in [4.69, 9.17) is 9.16 Å². The van der Waals surface area contributed by atoms with Gasteiger partial charge in [-0.1, -0.05) is 32.9 Å². The molecule has 24 heavy (non-hydrogen) atoms. The predicted molar refractivity (Wildman–Crippen MR) is 101 cm³/mol. The summed E-state index contributed by atoms with van der Waals surface area (Å²) in [5, 5.41) is 10.1. The minimum absolute atomic E-state index is 0.0845. The minimum atomic E-state index is -1.82. The zero-order valence-corrected chi connectivity index (χ0v) is 17.0. The van der Waals surface area contributed by atoms with Crippen LogP contribution >= 0.6 is 0 Å². The van der Waals surface area contributed by atoms with Gasteiger partial charge in [-0.3, -0.25) is 4.90 Å². The Balaban J connectivity index is 2.03. The molecule has 1 fully saturated rings. The van der Waals surface area contributed by atoms with Crippen LogP contribution in [0.2, 0.25) is 18.1 Å². The topological polar surface area (TPSA) is 41.9 Å². The fraction of sp³-hybridized carbons (Fsp3) is 0.684. The summed E-state index contributed by atoms with van der Waals surface area (Å²) in [6.07, 6.45) is 1.13. The quantitative estimate of drug-likeness (QED) is 0.794. The van der Waals surface area contributed by atoms with Crippen molar-refractivity contribution < 1.29 is 14.3 Å². The first-order chi connectivity index (χ1) is 11.2. The van der Waals surface area contributed by atoms with Crippen LogP contribution in [-0.4, -0.2) is 50.7 Å². The van der Waals surface area contributed by atoms with E-state index in [2.05, 4.69) is 50.9 Å². The average Bonchev–Trinajstić information content (AvgIpc) is 2.87. The maximum atomic E-state index is 9.94. The molecule has 1 aromatic carbocycles. The molecule has 1 heterocycles. The second-order valence-electron chi connectivity index (χ2n) is 8.27. The Kier molecular flexibility index (Phi) is 6.12. The molecule has 4 nitrogen and oxygen atoms in total. The molecule has 0 radical (unpaired) electrons. The Bertz CT molecular complexity index is 524. The molecule has 1 aliphatic rings. The van der Waals surface area contributed by atoms with Gasteiger partial charge in [-0.25, -0.2) is 0 Å². The highest BCUT2D eigenvalue weighted by atomic mass is 28.4. The highest BCUT2D eigenvalue weighted by Gasteiger charge is 2.43. The normalized spacial score (nSPS) is 22.8. The summed E-state index contributed by atoms with van der Waals surface area (Å²) in [6.45, 7) is 13.3. The maximum Gasteiger partial charge on any atom is 0.192 e. The SMILES string of the molecule is COc1ccc(CN2CC[C@@H](O[Si](C)(C)C(C)(C)C)C2CO)cc1. The number of nitrogens with zero attached hydrogens (tertiary/aromatic N) is 1. The first-order valence-electron chi connectivity index (χ1n) is 8.83. The first-order valence-corrected chi connectivity index (χ1v) is 11.7. The predicted octanol–water partition coefficient (Wildman–Crippen LogP) is 3.65. The third kappa shape index (κ3) is 4.39. The average molecular weight is 352 g/mol. The largest absolute Gasteiger partial charge is 0.497 e. The van der Waals surface area contributed by atoms with Gasteiger partial charge in [0.25, 0.3) is 0 Å². The first kappa shape index (κ1) is 19.4. The van der Waals surface area contributed by atoms with Gasteiger partial charge in [0.1, 0.15) is 5.75 Å². The number of aliphatic hydroxyl groups excluding tert-OH is 1. The van der Waals surface area contributed by atoms with Gasteiger partial charge in [0, 0.05) is 13.1 Å². The van der Waals surface area contributed by atoms with Crippen LogP contribution in [0.25, 0.3) is 0 Å². The van der Waals surface area contributed by atoms with Crippen molar-refractivity contribution in [2.75, 3.05) is 20.3 Å². The molecule has 0 spiro atoms. The molecular formula is C19H33NO3Si. The van der Waals surface area contributed by atoms with Crippen LogP contribution in [0.5, 0.6) is 5.75 Å². The van der Waals surface area contributed by atoms with E-state index in [0.717, 1.165) is 25.3 Å². The Hall–Kier alpha value is -0.883. The molecule has 0 aliphatic carbocycles. The standard InChI is InChI=1S/C19H33NO3Si/c1-19(2,3)24(5,6)23-18-11-12-20(17(18)14-21)13-15-7-9-16(22-4)10-8-15/h7-10,17-18,21H,11-14H2,1-6H3/t17?,18-/m1/s1. The zero-order chi connectivity index (χ0) is 18.0. The summed E-state index contributed by atoms with van der Waals surface area (Å²) in [7, 11) is -0.136. The van der Waals surface area contributed by atoms with E-state index in [1.54, 1.807) is 7.11 Å². The highest BCUT2D eigenvalue weighted by Crippen LogP contribution is 2.39. The Morgan fingerprint density at radius 2 is 1.83 bits per heavy atom. The van der Waals surface area contributed by atoms with E-state index >= 15 is 0 Å². The molecule has 1 N–H and O–H groups in total. The molecule has 1 aromatic rings. The van der Waals surface area contributed by atoms with Crippen LogP contribution in [-0.2, 0) is 11.0 Å². The van der Waals surface area contributed by atoms with Crippen molar-refractivity contribution >= 4 is 8.32 Å². The van der Waals surface area contributed by atoms with Crippen molar-refractivity contribution in [3.05, 3.63) is 29.8 Å². The fourth-order valence-electron chi connectivity index (χ4n) is 2.97. The van der Waals surface area contributed by atoms with Crippen LogP contribution in [0.1, 0.15) is 32.8 Å². The van der Waals surface area contributed by atoms with E-state index in [1.165, 1.54) is 5.56 Å². The number of likely N-dealkylation sites (tertiary alicyclic amines) is 1. The molecule has 1 aliphatic heterocycles. The maximum absolute atomic E-state index is 9.94. The number of benzene rings is 1. The minimum Gasteiger partial charge on any atom is -0.497 e. The van der Waals surface area contributed by atoms with E-state index < -0.39 is 8.32 Å². The highest BCUT2D eigenvalue weighted by molar-refractivity contribution is 6.74. The number of aliphatic hydroxyl groups is 1. The Labute approximate surface area is 147 Å². The molecular weight excluding hydrogens is 318 g/mol. The van der Waals surface area contributed by atoms with Crippen molar-refractivity contribution in [1.82, 2.24) is 4.90 Å². The fourth-order valence-corrected chi connectivity index (χ4v) is 4.36. The van der Waals surface area contributed by atoms with Crippen LogP contribution in [0.4, 0.5) is 0 Å². The van der Waals surface area contributed by atoms with E-state index in [1.807, 2.05) is 12.1 Å². The lowest BCUT2D eigenvalue weighted by atomic mass is 10.1. The van der Waals surface area contributed by atoms with Crippen molar-refractivity contribution in [3.63, 3.8) is 0 Å². The summed E-state index contributed by atoms with van der Waals surface area (Å²) < 4.78 is 11.8. The number of methoxy groups -OCH3 is 1. The van der Waals surface area contributed by atoms with Crippen LogP contribution in [0.3, 0.4) is 0 Å². The number of ether oxygens (including phenoxy) is 1. The summed E-state index contributed by atoms with van der Waals surface area (Å²) in [4.78, 5) is 2.35. The van der Waals surface area contributed by atoms with E-state index in [-0.39, 0.29) is 23.8 Å². The second-order valence-corrected chi connectivity index (χ2v) is 13.0. The van der Waals surface area contributed by atoms with Gasteiger partial charge < -0.3 is 14.3 Å². The summed E-state index contributed by atoms with van der Waals surface area (Å²) in [6, 6.07) is 8.25. The molecule has 0 aromatic heterocycles. The monoisotopic (exact) mass is 351 g/mol. The lowest BCUT2D eigenvalue weighted by molar-refractivity contribution is 0.0739. The van der Waals surface area contributed by atoms with E-state index in [9.17, 15) is 5.11 Å². The lowest BCUT2D eigenvalue weighted by Gasteiger charge is -2.40. The molecule has 136 valence electrons. The number of hydrogen-bond acceptors (Lipinski definition) is 4. The molecule has 0 amide bonds. The van der Waals surface area contributed by atoms with Gasteiger partial charge in [0.2, 0.25) is 0 Å². The number of hydrogen-bond donors (Lipinski definition) is 1. The molecule has 1 saturated heterocycles. The molecule has 0 bridgehead atoms. The van der Waals surface area contributed by atoms with Crippen molar-refractivity contribution in [2.24, 2.45) is 0 Å². The Morgan fingerprint density at radius 1 is 1.21 bits per heavy atom. The third-order valence-electron chi connectivity index (χ3n) is 5.58.